The average molecular weight is 386 g/mol. The number of carboxylic acid groups (broad SMARTS) is 1. The predicted octanol–water partition coefficient (Wildman–Crippen LogP) is 1.76. The molecule has 0 aliphatic carbocycles. The first-order valence-electron chi connectivity index (χ1n) is 8.36. The number of nitrogens with one attached hydrogen (secondary N) is 2. The van der Waals surface area contributed by atoms with E-state index in [0.717, 1.165) is 6.42 Å². The highest BCUT2D eigenvalue weighted by Gasteiger charge is 2.24. The van der Waals surface area contributed by atoms with E-state index in [2.05, 4.69) is 10.0 Å². The van der Waals surface area contributed by atoms with Gasteiger partial charge in [-0.3, -0.25) is 4.79 Å². The van der Waals surface area contributed by atoms with E-state index in [9.17, 15) is 23.1 Å². The molecule has 1 rings (SSSR count). The number of aliphatic carboxylic acids is 1. The molecule has 8 nitrogen and oxygen atoms in total. The molecule has 0 spiro atoms. The Morgan fingerprint density at radius 3 is 2.42 bits per heavy atom. The van der Waals surface area contributed by atoms with Crippen LogP contribution in [0.4, 0.5) is 0 Å². The molecule has 1 aromatic rings. The summed E-state index contributed by atoms with van der Waals surface area (Å²) in [6.07, 6.45) is 1.75. The van der Waals surface area contributed by atoms with Crippen molar-refractivity contribution in [2.45, 2.75) is 57.0 Å². The summed E-state index contributed by atoms with van der Waals surface area (Å²) in [6, 6.07) is 2.57. The average Bonchev–Trinajstić information content (AvgIpc) is 2.56. The van der Waals surface area contributed by atoms with Gasteiger partial charge in [0.1, 0.15) is 16.7 Å². The Morgan fingerprint density at radius 2 is 1.92 bits per heavy atom. The van der Waals surface area contributed by atoms with Crippen LogP contribution in [-0.4, -0.2) is 44.6 Å². The summed E-state index contributed by atoms with van der Waals surface area (Å²) in [7, 11) is -2.56. The van der Waals surface area contributed by atoms with Crippen molar-refractivity contribution >= 4 is 21.9 Å². The van der Waals surface area contributed by atoms with Crippen molar-refractivity contribution in [1.29, 1.82) is 0 Å². The SMILES string of the molecule is CCCC[C@H](NC(=O)c1ccc(OC)c(S(=O)(=O)NC(C)C)c1)C(=O)O. The molecule has 0 radical (unpaired) electrons. The van der Waals surface area contributed by atoms with Crippen LogP contribution in [0.1, 0.15) is 50.4 Å². The number of methoxy groups -OCH3 is 1. The van der Waals surface area contributed by atoms with Crippen molar-refractivity contribution in [3.8, 4) is 5.75 Å². The normalized spacial score (nSPS) is 12.7. The van der Waals surface area contributed by atoms with Gasteiger partial charge in [-0.15, -0.1) is 0 Å². The third kappa shape index (κ3) is 5.99. The van der Waals surface area contributed by atoms with Gasteiger partial charge in [0.25, 0.3) is 5.91 Å². The lowest BCUT2D eigenvalue weighted by molar-refractivity contribution is -0.139. The molecular formula is C17H26N2O6S. The fourth-order valence-corrected chi connectivity index (χ4v) is 3.75. The Hall–Kier alpha value is -2.13. The first kappa shape index (κ1) is 21.9. The van der Waals surface area contributed by atoms with E-state index >= 15 is 0 Å². The fraction of sp³-hybridized carbons (Fsp3) is 0.529. The quantitative estimate of drug-likeness (QED) is 0.563. The minimum Gasteiger partial charge on any atom is -0.495 e. The van der Waals surface area contributed by atoms with Gasteiger partial charge in [0.05, 0.1) is 7.11 Å². The van der Waals surface area contributed by atoms with Gasteiger partial charge in [-0.1, -0.05) is 19.8 Å². The van der Waals surface area contributed by atoms with Gasteiger partial charge in [-0.05, 0) is 38.5 Å². The molecule has 146 valence electrons. The summed E-state index contributed by atoms with van der Waals surface area (Å²) in [4.78, 5) is 23.5. The van der Waals surface area contributed by atoms with Crippen LogP contribution in [0, 0.1) is 0 Å². The molecule has 9 heteroatoms. The Labute approximate surface area is 154 Å². The zero-order valence-electron chi connectivity index (χ0n) is 15.4. The van der Waals surface area contributed by atoms with Crippen molar-refractivity contribution in [2.75, 3.05) is 7.11 Å². The van der Waals surface area contributed by atoms with Gasteiger partial charge >= 0.3 is 5.97 Å². The van der Waals surface area contributed by atoms with E-state index in [0.29, 0.717) is 12.8 Å². The van der Waals surface area contributed by atoms with Crippen LogP contribution in [0.2, 0.25) is 0 Å². The number of carbonyl (C=O) groups is 2. The summed E-state index contributed by atoms with van der Waals surface area (Å²) >= 11 is 0. The standard InChI is InChI=1S/C17H26N2O6S/c1-5-6-7-13(17(21)22)18-16(20)12-8-9-14(25-4)15(10-12)26(23,24)19-11(2)3/h8-11,13,19H,5-7H2,1-4H3,(H,18,20)(H,21,22)/t13-/m0/s1. The second-order valence-electron chi connectivity index (χ2n) is 6.15. The molecule has 0 saturated carbocycles. The number of rotatable bonds is 10. The Bertz CT molecular complexity index is 746. The second kappa shape index (κ2) is 9.54. The van der Waals surface area contributed by atoms with Gasteiger partial charge in [0.15, 0.2) is 0 Å². The first-order chi connectivity index (χ1) is 12.1. The summed E-state index contributed by atoms with van der Waals surface area (Å²) in [6.45, 7) is 5.26. The van der Waals surface area contributed by atoms with Crippen LogP contribution in [0.3, 0.4) is 0 Å². The monoisotopic (exact) mass is 386 g/mol. The Morgan fingerprint density at radius 1 is 1.27 bits per heavy atom. The lowest BCUT2D eigenvalue weighted by atomic mass is 10.1. The molecule has 0 aromatic heterocycles. The van der Waals surface area contributed by atoms with Crippen LogP contribution in [0.25, 0.3) is 0 Å². The molecule has 1 aromatic carbocycles. The van der Waals surface area contributed by atoms with E-state index < -0.39 is 27.9 Å². The molecular weight excluding hydrogens is 360 g/mol. The summed E-state index contributed by atoms with van der Waals surface area (Å²) in [5.41, 5.74) is 0.0395. The van der Waals surface area contributed by atoms with E-state index in [1.54, 1.807) is 13.8 Å². The van der Waals surface area contributed by atoms with Crippen molar-refractivity contribution in [2.24, 2.45) is 0 Å². The Balaban J connectivity index is 3.16. The highest BCUT2D eigenvalue weighted by Crippen LogP contribution is 2.25. The van der Waals surface area contributed by atoms with Crippen molar-refractivity contribution < 1.29 is 27.9 Å². The zero-order valence-corrected chi connectivity index (χ0v) is 16.2. The molecule has 0 fully saturated rings. The highest BCUT2D eigenvalue weighted by atomic mass is 32.2. The van der Waals surface area contributed by atoms with Crippen LogP contribution >= 0.6 is 0 Å². The molecule has 0 bridgehead atoms. The molecule has 0 aliphatic heterocycles. The molecule has 26 heavy (non-hydrogen) atoms. The lowest BCUT2D eigenvalue weighted by Crippen LogP contribution is -2.40. The summed E-state index contributed by atoms with van der Waals surface area (Å²) < 4.78 is 32.4. The third-order valence-electron chi connectivity index (χ3n) is 3.56. The van der Waals surface area contributed by atoms with Crippen LogP contribution in [0.5, 0.6) is 5.75 Å². The second-order valence-corrected chi connectivity index (χ2v) is 7.83. The topological polar surface area (TPSA) is 122 Å². The van der Waals surface area contributed by atoms with Gasteiger partial charge in [-0.25, -0.2) is 17.9 Å². The number of sulfonamides is 1. The van der Waals surface area contributed by atoms with Crippen molar-refractivity contribution in [3.05, 3.63) is 23.8 Å². The predicted molar refractivity (Wildman–Crippen MR) is 96.9 cm³/mol. The molecule has 3 N–H and O–H groups in total. The molecule has 0 unspecified atom stereocenters. The van der Waals surface area contributed by atoms with Crippen LogP contribution < -0.4 is 14.8 Å². The maximum atomic E-state index is 12.5. The number of carbonyl (C=O) groups excluding carboxylic acids is 1. The third-order valence-corrected chi connectivity index (χ3v) is 5.24. The summed E-state index contributed by atoms with van der Waals surface area (Å²) in [5.74, 6) is -1.69. The maximum Gasteiger partial charge on any atom is 0.326 e. The van der Waals surface area contributed by atoms with E-state index in [-0.39, 0.29) is 22.3 Å². The smallest absolute Gasteiger partial charge is 0.326 e. The van der Waals surface area contributed by atoms with Gasteiger partial charge in [0.2, 0.25) is 10.0 Å². The highest BCUT2D eigenvalue weighted by molar-refractivity contribution is 7.89. The van der Waals surface area contributed by atoms with Crippen LogP contribution in [-0.2, 0) is 14.8 Å². The number of ether oxygens (including phenoxy) is 1. The van der Waals surface area contributed by atoms with Crippen LogP contribution in [0.15, 0.2) is 23.1 Å². The lowest BCUT2D eigenvalue weighted by Gasteiger charge is -2.16. The number of amides is 1. The minimum atomic E-state index is -3.89. The van der Waals surface area contributed by atoms with Gasteiger partial charge < -0.3 is 15.2 Å². The molecule has 1 amide bonds. The molecule has 0 saturated heterocycles. The van der Waals surface area contributed by atoms with Gasteiger partial charge in [0, 0.05) is 11.6 Å². The molecule has 0 aliphatic rings. The largest absolute Gasteiger partial charge is 0.495 e. The zero-order chi connectivity index (χ0) is 19.9. The number of unbranched alkanes of at least 4 members (excludes halogenated alkanes) is 1. The molecule has 1 atom stereocenters. The number of carboxylic acids is 1. The summed E-state index contributed by atoms with van der Waals surface area (Å²) in [5, 5.41) is 11.7. The van der Waals surface area contributed by atoms with E-state index in [4.69, 9.17) is 4.74 Å². The molecule has 0 heterocycles. The number of benzene rings is 1. The maximum absolute atomic E-state index is 12.5. The number of hydrogen-bond donors (Lipinski definition) is 3. The van der Waals surface area contributed by atoms with Crippen molar-refractivity contribution in [3.63, 3.8) is 0 Å². The van der Waals surface area contributed by atoms with Gasteiger partial charge in [-0.2, -0.15) is 0 Å². The van der Waals surface area contributed by atoms with E-state index in [1.807, 2.05) is 6.92 Å². The minimum absolute atomic E-state index is 0.0395. The van der Waals surface area contributed by atoms with E-state index in [1.165, 1.54) is 25.3 Å². The Kier molecular flexibility index (Phi) is 8.04. The first-order valence-corrected chi connectivity index (χ1v) is 9.84. The fourth-order valence-electron chi connectivity index (χ4n) is 2.31. The number of hydrogen-bond acceptors (Lipinski definition) is 5. The van der Waals surface area contributed by atoms with Crippen molar-refractivity contribution in [1.82, 2.24) is 10.0 Å².